The third-order valence-corrected chi connectivity index (χ3v) is 4.16. The van der Waals surface area contributed by atoms with Crippen molar-refractivity contribution in [3.63, 3.8) is 0 Å². The van der Waals surface area contributed by atoms with Crippen molar-refractivity contribution in [3.8, 4) is 6.07 Å². The van der Waals surface area contributed by atoms with Crippen LogP contribution in [0, 0.1) is 17.2 Å². The Labute approximate surface area is 120 Å². The molecule has 0 aliphatic heterocycles. The number of benzene rings is 1. The average Bonchev–Trinajstić information content (AvgIpc) is 3.38. The van der Waals surface area contributed by atoms with Gasteiger partial charge in [-0.15, -0.1) is 0 Å². The Kier molecular flexibility index (Phi) is 4.05. The highest BCUT2D eigenvalue weighted by atomic mass is 16.5. The van der Waals surface area contributed by atoms with E-state index in [9.17, 15) is 5.26 Å². The first-order chi connectivity index (χ1) is 9.82. The SMILES string of the molecule is N#CC(CCOCC1CC1)(NC1CC1)c1ccccc1. The standard InChI is InChI=1S/C17H22N2O/c18-13-17(19-16-8-9-16,15-4-2-1-3-5-15)10-11-20-12-14-6-7-14/h1-5,14,16,19H,6-12H2. The van der Waals surface area contributed by atoms with E-state index in [1.807, 2.05) is 30.3 Å². The number of rotatable bonds is 8. The summed E-state index contributed by atoms with van der Waals surface area (Å²) in [5.74, 6) is 0.777. The minimum atomic E-state index is -0.591. The molecule has 1 unspecified atom stereocenters. The summed E-state index contributed by atoms with van der Waals surface area (Å²) in [5.41, 5.74) is 0.468. The van der Waals surface area contributed by atoms with Gasteiger partial charge < -0.3 is 4.74 Å². The number of nitriles is 1. The zero-order chi connectivity index (χ0) is 13.8. The molecule has 0 bridgehead atoms. The van der Waals surface area contributed by atoms with Gasteiger partial charge in [-0.3, -0.25) is 5.32 Å². The first kappa shape index (κ1) is 13.6. The number of hydrogen-bond donors (Lipinski definition) is 1. The fourth-order valence-corrected chi connectivity index (χ4v) is 2.51. The summed E-state index contributed by atoms with van der Waals surface area (Å²) in [6, 6.07) is 13.1. The fraction of sp³-hybridized carbons (Fsp3) is 0.588. The molecule has 0 saturated heterocycles. The Morgan fingerprint density at radius 3 is 2.55 bits per heavy atom. The van der Waals surface area contributed by atoms with Crippen LogP contribution in [0.4, 0.5) is 0 Å². The molecule has 0 radical (unpaired) electrons. The largest absolute Gasteiger partial charge is 0.381 e. The number of nitrogens with one attached hydrogen (secondary N) is 1. The highest BCUT2D eigenvalue weighted by Crippen LogP contribution is 2.32. The smallest absolute Gasteiger partial charge is 0.134 e. The zero-order valence-corrected chi connectivity index (χ0v) is 11.8. The predicted molar refractivity (Wildman–Crippen MR) is 78.1 cm³/mol. The topological polar surface area (TPSA) is 45.0 Å². The average molecular weight is 270 g/mol. The van der Waals surface area contributed by atoms with E-state index in [1.165, 1.54) is 25.7 Å². The van der Waals surface area contributed by atoms with Crippen molar-refractivity contribution in [3.05, 3.63) is 35.9 Å². The Balaban J connectivity index is 1.66. The quantitative estimate of drug-likeness (QED) is 0.739. The maximum absolute atomic E-state index is 9.76. The third-order valence-electron chi connectivity index (χ3n) is 4.16. The zero-order valence-electron chi connectivity index (χ0n) is 11.8. The van der Waals surface area contributed by atoms with Crippen LogP contribution in [0.2, 0.25) is 0 Å². The van der Waals surface area contributed by atoms with Crippen molar-refractivity contribution in [2.45, 2.75) is 43.7 Å². The lowest BCUT2D eigenvalue weighted by molar-refractivity contribution is 0.106. The Morgan fingerprint density at radius 2 is 1.95 bits per heavy atom. The summed E-state index contributed by atoms with van der Waals surface area (Å²) in [4.78, 5) is 0. The van der Waals surface area contributed by atoms with Gasteiger partial charge >= 0.3 is 0 Å². The van der Waals surface area contributed by atoms with Crippen LogP contribution in [-0.2, 0) is 10.3 Å². The van der Waals surface area contributed by atoms with Gasteiger partial charge in [0.15, 0.2) is 0 Å². The molecule has 2 aliphatic carbocycles. The van der Waals surface area contributed by atoms with E-state index in [1.54, 1.807) is 0 Å². The lowest BCUT2D eigenvalue weighted by Crippen LogP contribution is -2.43. The first-order valence-corrected chi connectivity index (χ1v) is 7.65. The molecule has 1 aromatic rings. The second-order valence-corrected chi connectivity index (χ2v) is 6.07. The molecule has 2 aliphatic rings. The molecule has 3 nitrogen and oxygen atoms in total. The number of hydrogen-bond acceptors (Lipinski definition) is 3. The van der Waals surface area contributed by atoms with E-state index < -0.39 is 5.54 Å². The van der Waals surface area contributed by atoms with E-state index in [0.717, 1.165) is 24.5 Å². The Bertz CT molecular complexity index is 474. The van der Waals surface area contributed by atoms with E-state index in [2.05, 4.69) is 11.4 Å². The minimum absolute atomic E-state index is 0.498. The van der Waals surface area contributed by atoms with Crippen molar-refractivity contribution >= 4 is 0 Å². The van der Waals surface area contributed by atoms with E-state index >= 15 is 0 Å². The molecule has 106 valence electrons. The summed E-state index contributed by atoms with van der Waals surface area (Å²) in [5, 5.41) is 13.3. The van der Waals surface area contributed by atoms with Gasteiger partial charge in [-0.25, -0.2) is 0 Å². The Hall–Kier alpha value is -1.37. The number of ether oxygens (including phenoxy) is 1. The van der Waals surface area contributed by atoms with Gasteiger partial charge in [0.05, 0.1) is 6.07 Å². The molecule has 0 aromatic heterocycles. The summed E-state index contributed by atoms with van der Waals surface area (Å²) < 4.78 is 5.75. The van der Waals surface area contributed by atoms with Crippen molar-refractivity contribution in [1.29, 1.82) is 5.26 Å². The molecule has 3 rings (SSSR count). The summed E-state index contributed by atoms with van der Waals surface area (Å²) in [6.45, 7) is 1.51. The maximum Gasteiger partial charge on any atom is 0.134 e. The van der Waals surface area contributed by atoms with Gasteiger partial charge in [0.2, 0.25) is 0 Å². The van der Waals surface area contributed by atoms with Crippen LogP contribution in [0.3, 0.4) is 0 Å². The molecule has 2 fully saturated rings. The normalized spacial score (nSPS) is 21.1. The molecule has 0 amide bonds. The molecule has 0 spiro atoms. The van der Waals surface area contributed by atoms with Crippen LogP contribution in [0.15, 0.2) is 30.3 Å². The molecular weight excluding hydrogens is 248 g/mol. The molecule has 20 heavy (non-hydrogen) atoms. The molecule has 1 N–H and O–H groups in total. The third kappa shape index (κ3) is 3.39. The second-order valence-electron chi connectivity index (χ2n) is 6.07. The maximum atomic E-state index is 9.76. The highest BCUT2D eigenvalue weighted by Gasteiger charge is 2.37. The van der Waals surface area contributed by atoms with Crippen LogP contribution >= 0.6 is 0 Å². The monoisotopic (exact) mass is 270 g/mol. The van der Waals surface area contributed by atoms with Crippen LogP contribution in [0.5, 0.6) is 0 Å². The molecule has 1 atom stereocenters. The van der Waals surface area contributed by atoms with Crippen LogP contribution in [0.25, 0.3) is 0 Å². The van der Waals surface area contributed by atoms with Crippen LogP contribution < -0.4 is 5.32 Å². The molecule has 2 saturated carbocycles. The van der Waals surface area contributed by atoms with Crippen molar-refractivity contribution in [2.24, 2.45) is 5.92 Å². The van der Waals surface area contributed by atoms with Crippen molar-refractivity contribution < 1.29 is 4.74 Å². The molecule has 3 heteroatoms. The van der Waals surface area contributed by atoms with Gasteiger partial charge in [-0.1, -0.05) is 30.3 Å². The van der Waals surface area contributed by atoms with Gasteiger partial charge in [0.1, 0.15) is 5.54 Å². The highest BCUT2D eigenvalue weighted by molar-refractivity contribution is 5.32. The van der Waals surface area contributed by atoms with Gasteiger partial charge in [0.25, 0.3) is 0 Å². The van der Waals surface area contributed by atoms with Gasteiger partial charge in [-0.2, -0.15) is 5.26 Å². The van der Waals surface area contributed by atoms with E-state index in [0.29, 0.717) is 12.6 Å². The van der Waals surface area contributed by atoms with Crippen LogP contribution in [-0.4, -0.2) is 19.3 Å². The molecule has 1 aromatic carbocycles. The lowest BCUT2D eigenvalue weighted by atomic mass is 9.88. The molecule has 0 heterocycles. The summed E-state index contributed by atoms with van der Waals surface area (Å²) >= 11 is 0. The van der Waals surface area contributed by atoms with Crippen molar-refractivity contribution in [1.82, 2.24) is 5.32 Å². The minimum Gasteiger partial charge on any atom is -0.381 e. The fourth-order valence-electron chi connectivity index (χ4n) is 2.51. The Morgan fingerprint density at radius 1 is 1.20 bits per heavy atom. The van der Waals surface area contributed by atoms with Gasteiger partial charge in [-0.05, 0) is 37.2 Å². The lowest BCUT2D eigenvalue weighted by Gasteiger charge is -2.28. The number of nitrogens with zero attached hydrogens (tertiary/aromatic N) is 1. The second kappa shape index (κ2) is 5.95. The van der Waals surface area contributed by atoms with E-state index in [-0.39, 0.29) is 0 Å². The first-order valence-electron chi connectivity index (χ1n) is 7.65. The summed E-state index contributed by atoms with van der Waals surface area (Å²) in [6.07, 6.45) is 5.69. The van der Waals surface area contributed by atoms with E-state index in [4.69, 9.17) is 4.74 Å². The van der Waals surface area contributed by atoms with Crippen LogP contribution in [0.1, 0.15) is 37.7 Å². The molecular formula is C17H22N2O. The predicted octanol–water partition coefficient (Wildman–Crippen LogP) is 2.97. The van der Waals surface area contributed by atoms with Gasteiger partial charge in [0, 0.05) is 25.7 Å². The van der Waals surface area contributed by atoms with Crippen molar-refractivity contribution in [2.75, 3.05) is 13.2 Å². The summed E-state index contributed by atoms with van der Waals surface area (Å²) in [7, 11) is 0.